The molecule has 6 rings (SSSR count). The van der Waals surface area contributed by atoms with Crippen molar-refractivity contribution in [3.8, 4) is 11.5 Å². The first-order valence-electron chi connectivity index (χ1n) is 17.9. The van der Waals surface area contributed by atoms with Crippen LogP contribution in [0.15, 0.2) is 66.2 Å². The Morgan fingerprint density at radius 2 is 1.68 bits per heavy atom. The first-order valence-corrected chi connectivity index (χ1v) is 18.2. The predicted molar refractivity (Wildman–Crippen MR) is 194 cm³/mol. The van der Waals surface area contributed by atoms with E-state index >= 15 is 0 Å². The summed E-state index contributed by atoms with van der Waals surface area (Å²) >= 11 is 6.33. The van der Waals surface area contributed by atoms with Crippen molar-refractivity contribution < 1.29 is 42.1 Å². The number of ether oxygens (including phenoxy) is 2. The highest BCUT2D eigenvalue weighted by Crippen LogP contribution is 2.38. The maximum absolute atomic E-state index is 14.7. The van der Waals surface area contributed by atoms with Gasteiger partial charge in [0.2, 0.25) is 5.91 Å². The number of carboxylic acid groups (broad SMARTS) is 1. The Bertz CT molecular complexity index is 1880. The number of carbonyl (C=O) groups is 3. The molecule has 53 heavy (non-hydrogen) atoms. The lowest BCUT2D eigenvalue weighted by Gasteiger charge is -2.45. The first kappa shape index (κ1) is 38.2. The van der Waals surface area contributed by atoms with Gasteiger partial charge in [0.15, 0.2) is 0 Å². The van der Waals surface area contributed by atoms with Crippen LogP contribution >= 0.6 is 11.6 Å². The van der Waals surface area contributed by atoms with Crippen LogP contribution in [0.5, 0.6) is 11.5 Å². The molecule has 2 heterocycles. The molecule has 2 amide bonds. The average Bonchev–Trinajstić information content (AvgIpc) is 3.96. The maximum Gasteiger partial charge on any atom is 0.416 e. The fourth-order valence-corrected chi connectivity index (χ4v) is 7.27. The largest absolute Gasteiger partial charge is 0.490 e. The van der Waals surface area contributed by atoms with E-state index in [1.807, 2.05) is 50.2 Å². The summed E-state index contributed by atoms with van der Waals surface area (Å²) in [6.45, 7) is 5.14. The molecule has 3 aliphatic rings. The lowest BCUT2D eigenvalue weighted by molar-refractivity contribution is -0.139. The van der Waals surface area contributed by atoms with Gasteiger partial charge in [-0.1, -0.05) is 35.9 Å². The van der Waals surface area contributed by atoms with Crippen LogP contribution < -0.4 is 14.8 Å². The molecule has 2 bridgehead atoms. The van der Waals surface area contributed by atoms with Crippen molar-refractivity contribution in [2.45, 2.75) is 83.2 Å². The third-order valence-electron chi connectivity index (χ3n) is 9.99. The second kappa shape index (κ2) is 16.2. The first-order chi connectivity index (χ1) is 25.3. The number of fused-ring (bicyclic) bond motifs is 2. The van der Waals surface area contributed by atoms with Crippen LogP contribution in [-0.2, 0) is 27.1 Å². The maximum atomic E-state index is 14.7. The second-order valence-corrected chi connectivity index (χ2v) is 14.4. The predicted octanol–water partition coefficient (Wildman–Crippen LogP) is 7.21. The van der Waals surface area contributed by atoms with Gasteiger partial charge in [-0.2, -0.15) is 13.2 Å². The standard InChI is InChI=1S/C40H43ClF3N3O6/c1-24-17-33(41)35(18-25(24)2)53-16-15-52-31-13-9-27(10-14-31)32-20-29-22-46(36(48)7-4-8-37(49)50)23-34(45-29)38(32)39(51)47(30-11-12-30)21-26-5-3-6-28(19-26)40(42,43)44/h3,5-6,9-10,13-14,17-19,29-30,34,45H,4,7-8,11-12,15-16,20-23H2,1-2H3,(H,49,50)/t29-,34-/m1/s1. The molecule has 1 saturated carbocycles. The minimum Gasteiger partial charge on any atom is -0.490 e. The molecular weight excluding hydrogens is 711 g/mol. The smallest absolute Gasteiger partial charge is 0.416 e. The van der Waals surface area contributed by atoms with Crippen LogP contribution in [-0.4, -0.2) is 77.1 Å². The number of aryl methyl sites for hydroxylation is 2. The quantitative estimate of drug-likeness (QED) is 0.168. The number of benzene rings is 3. The van der Waals surface area contributed by atoms with Crippen LogP contribution in [0.2, 0.25) is 5.02 Å². The third-order valence-corrected chi connectivity index (χ3v) is 10.3. The number of rotatable bonds is 14. The minimum absolute atomic E-state index is 0.0143. The molecule has 3 aromatic rings. The molecule has 0 radical (unpaired) electrons. The minimum atomic E-state index is -4.51. The Balaban J connectivity index is 1.23. The number of hydrogen-bond acceptors (Lipinski definition) is 6. The molecule has 0 unspecified atom stereocenters. The topological polar surface area (TPSA) is 108 Å². The Hall–Kier alpha value is -4.55. The van der Waals surface area contributed by atoms with E-state index in [4.69, 9.17) is 26.2 Å². The van der Waals surface area contributed by atoms with E-state index < -0.39 is 23.8 Å². The summed E-state index contributed by atoms with van der Waals surface area (Å²) in [5.41, 5.74) is 3.87. The molecule has 2 fully saturated rings. The number of aliphatic carboxylic acids is 1. The van der Waals surface area contributed by atoms with Gasteiger partial charge >= 0.3 is 12.1 Å². The highest BCUT2D eigenvalue weighted by atomic mass is 35.5. The van der Waals surface area contributed by atoms with Crippen molar-refractivity contribution in [3.63, 3.8) is 0 Å². The number of carboxylic acids is 1. The monoisotopic (exact) mass is 753 g/mol. The number of halogens is 4. The van der Waals surface area contributed by atoms with E-state index in [1.165, 1.54) is 6.07 Å². The second-order valence-electron chi connectivity index (χ2n) is 14.0. The van der Waals surface area contributed by atoms with Crippen LogP contribution in [0.1, 0.15) is 66.3 Å². The third kappa shape index (κ3) is 9.52. The van der Waals surface area contributed by atoms with Gasteiger partial charge in [-0.15, -0.1) is 0 Å². The van der Waals surface area contributed by atoms with Gasteiger partial charge in [-0.25, -0.2) is 0 Å². The molecule has 282 valence electrons. The lowest BCUT2D eigenvalue weighted by Crippen LogP contribution is -2.62. The van der Waals surface area contributed by atoms with Gasteiger partial charge in [-0.05, 0) is 104 Å². The summed E-state index contributed by atoms with van der Waals surface area (Å²) in [4.78, 5) is 42.3. The molecule has 2 atom stereocenters. The van der Waals surface area contributed by atoms with Gasteiger partial charge in [0, 0.05) is 50.1 Å². The molecule has 1 aliphatic carbocycles. The van der Waals surface area contributed by atoms with Gasteiger partial charge in [-0.3, -0.25) is 14.4 Å². The van der Waals surface area contributed by atoms with Crippen molar-refractivity contribution in [3.05, 3.63) is 99.1 Å². The molecule has 3 aromatic carbocycles. The number of nitrogens with one attached hydrogen (secondary N) is 1. The summed E-state index contributed by atoms with van der Waals surface area (Å²) in [5, 5.41) is 13.1. The molecule has 0 aromatic heterocycles. The molecule has 2 N–H and O–H groups in total. The van der Waals surface area contributed by atoms with Crippen molar-refractivity contribution in [1.82, 2.24) is 15.1 Å². The molecule has 9 nitrogen and oxygen atoms in total. The van der Waals surface area contributed by atoms with E-state index in [9.17, 15) is 27.6 Å². The van der Waals surface area contributed by atoms with Gasteiger partial charge < -0.3 is 29.7 Å². The van der Waals surface area contributed by atoms with Gasteiger partial charge in [0.1, 0.15) is 24.7 Å². The summed E-state index contributed by atoms with van der Waals surface area (Å²) < 4.78 is 52.5. The molecule has 2 aliphatic heterocycles. The van der Waals surface area contributed by atoms with Crippen molar-refractivity contribution >= 4 is 35.0 Å². The fourth-order valence-electron chi connectivity index (χ4n) is 7.00. The Morgan fingerprint density at radius 1 is 0.962 bits per heavy atom. The zero-order valence-corrected chi connectivity index (χ0v) is 30.4. The normalized spacial score (nSPS) is 18.5. The van der Waals surface area contributed by atoms with E-state index in [0.29, 0.717) is 40.6 Å². The number of hydrogen-bond donors (Lipinski definition) is 2. The number of nitrogens with zero attached hydrogens (tertiary/aromatic N) is 2. The van der Waals surface area contributed by atoms with Crippen molar-refractivity contribution in [1.29, 1.82) is 0 Å². The molecule has 13 heteroatoms. The SMILES string of the molecule is Cc1cc(Cl)c(OCCOc2ccc(C3=C(C(=O)N(Cc4cccc(C(F)(F)F)c4)C4CC4)[C@H]4CN(C(=O)CCCC(=O)O)C[C@@H](C3)N4)cc2)cc1C. The zero-order valence-electron chi connectivity index (χ0n) is 29.7. The Labute approximate surface area is 311 Å². The Morgan fingerprint density at radius 3 is 2.38 bits per heavy atom. The summed E-state index contributed by atoms with van der Waals surface area (Å²) in [5.74, 6) is -0.232. The van der Waals surface area contributed by atoms with Crippen molar-refractivity contribution in [2.75, 3.05) is 26.3 Å². The highest BCUT2D eigenvalue weighted by Gasteiger charge is 2.43. The van der Waals surface area contributed by atoms with E-state index in [2.05, 4.69) is 5.32 Å². The van der Waals surface area contributed by atoms with E-state index in [-0.39, 0.29) is 69.5 Å². The molecule has 0 spiro atoms. The van der Waals surface area contributed by atoms with Crippen LogP contribution in [0, 0.1) is 13.8 Å². The number of alkyl halides is 3. The number of carbonyl (C=O) groups excluding carboxylic acids is 2. The van der Waals surface area contributed by atoms with Crippen LogP contribution in [0.3, 0.4) is 0 Å². The molecular formula is C40H43ClF3N3O6. The summed E-state index contributed by atoms with van der Waals surface area (Å²) in [6, 6.07) is 15.4. The van der Waals surface area contributed by atoms with Crippen LogP contribution in [0.4, 0.5) is 13.2 Å². The number of amides is 2. The van der Waals surface area contributed by atoms with Gasteiger partial charge in [0.05, 0.1) is 16.6 Å². The van der Waals surface area contributed by atoms with Crippen LogP contribution in [0.25, 0.3) is 5.57 Å². The van der Waals surface area contributed by atoms with Gasteiger partial charge in [0.25, 0.3) is 5.91 Å². The van der Waals surface area contributed by atoms with E-state index in [1.54, 1.807) is 15.9 Å². The summed E-state index contributed by atoms with van der Waals surface area (Å²) in [7, 11) is 0. The molecule has 1 saturated heterocycles. The van der Waals surface area contributed by atoms with E-state index in [0.717, 1.165) is 47.2 Å². The lowest BCUT2D eigenvalue weighted by atomic mass is 9.82. The zero-order chi connectivity index (χ0) is 37.9. The fraction of sp³-hybridized carbons (Fsp3) is 0.425. The Kier molecular flexibility index (Phi) is 11.7. The summed E-state index contributed by atoms with van der Waals surface area (Å²) in [6.07, 6.45) is -2.41. The van der Waals surface area contributed by atoms with Crippen molar-refractivity contribution in [2.24, 2.45) is 0 Å². The number of piperazine rings is 1. The average molecular weight is 754 g/mol. The highest BCUT2D eigenvalue weighted by molar-refractivity contribution is 6.32.